The average molecular weight is 241 g/mol. The first-order valence-electron chi connectivity index (χ1n) is 5.99. The number of benzene rings is 1. The summed E-state index contributed by atoms with van der Waals surface area (Å²) in [4.78, 5) is 11.5. The fourth-order valence-electron chi connectivity index (χ4n) is 2.13. The third-order valence-corrected chi connectivity index (χ3v) is 3.02. The molecule has 0 spiro atoms. The molecular weight excluding hydrogens is 224 g/mol. The number of primary amides is 1. The molecule has 18 heavy (non-hydrogen) atoms. The maximum Gasteiger partial charge on any atom is 0.313 e. The quantitative estimate of drug-likeness (QED) is 0.808. The van der Waals surface area contributed by atoms with Crippen LogP contribution in [0.5, 0.6) is 0 Å². The largest absolute Gasteiger partial charge is 0.360 e. The van der Waals surface area contributed by atoms with Crippen molar-refractivity contribution in [2.45, 2.75) is 12.8 Å². The molecule has 1 amide bonds. The summed E-state index contributed by atoms with van der Waals surface area (Å²) in [6, 6.07) is 14.1. The number of carbonyl (C=O) groups excluding carboxylic acids is 1. The van der Waals surface area contributed by atoms with Crippen LogP contribution in [0, 0.1) is 0 Å². The van der Waals surface area contributed by atoms with Gasteiger partial charge in [-0.1, -0.05) is 30.3 Å². The lowest BCUT2D eigenvalue weighted by Crippen LogP contribution is -2.39. The van der Waals surface area contributed by atoms with E-state index in [1.807, 2.05) is 43.6 Å². The molecule has 0 unspecified atom stereocenters. The molecule has 1 aromatic carbocycles. The average Bonchev–Trinajstić information content (AvgIpc) is 2.37. The maximum atomic E-state index is 11.5. The van der Waals surface area contributed by atoms with Crippen LogP contribution in [0.25, 0.3) is 0 Å². The summed E-state index contributed by atoms with van der Waals surface area (Å²) in [5, 5.41) is 0. The molecule has 1 heterocycles. The van der Waals surface area contributed by atoms with Crippen molar-refractivity contribution < 1.29 is 9.36 Å². The Bertz CT molecular complexity index is 550. The highest BCUT2D eigenvalue weighted by atomic mass is 16.1. The van der Waals surface area contributed by atoms with Crippen molar-refractivity contribution >= 4 is 5.91 Å². The molecule has 92 valence electrons. The lowest BCUT2D eigenvalue weighted by atomic mass is 10.0. The van der Waals surface area contributed by atoms with Crippen molar-refractivity contribution in [1.82, 2.24) is 0 Å². The summed E-state index contributed by atoms with van der Waals surface area (Å²) in [6.07, 6.45) is 3.56. The van der Waals surface area contributed by atoms with Crippen LogP contribution in [-0.2, 0) is 19.9 Å². The molecule has 0 fully saturated rings. The predicted molar refractivity (Wildman–Crippen MR) is 70.0 cm³/mol. The Morgan fingerprint density at radius 1 is 1.11 bits per heavy atom. The summed E-state index contributed by atoms with van der Waals surface area (Å²) in [5.41, 5.74) is 8.28. The van der Waals surface area contributed by atoms with Gasteiger partial charge in [0.25, 0.3) is 5.69 Å². The van der Waals surface area contributed by atoms with E-state index in [4.69, 9.17) is 5.73 Å². The monoisotopic (exact) mass is 241 g/mol. The van der Waals surface area contributed by atoms with Crippen molar-refractivity contribution in [2.24, 2.45) is 12.8 Å². The number of carbonyl (C=O) groups is 1. The van der Waals surface area contributed by atoms with Gasteiger partial charge in [0.05, 0.1) is 0 Å². The number of hydrogen-bond acceptors (Lipinski definition) is 1. The minimum Gasteiger partial charge on any atom is -0.360 e. The molecule has 0 atom stereocenters. The Kier molecular flexibility index (Phi) is 3.72. The van der Waals surface area contributed by atoms with Crippen molar-refractivity contribution in [3.63, 3.8) is 0 Å². The van der Waals surface area contributed by atoms with E-state index in [0.717, 1.165) is 18.4 Å². The molecule has 0 aliphatic rings. The van der Waals surface area contributed by atoms with Crippen LogP contribution < -0.4 is 10.3 Å². The first-order chi connectivity index (χ1) is 8.68. The van der Waals surface area contributed by atoms with Crippen molar-refractivity contribution in [3.05, 3.63) is 65.5 Å². The van der Waals surface area contributed by atoms with Crippen molar-refractivity contribution in [2.75, 3.05) is 0 Å². The zero-order chi connectivity index (χ0) is 13.0. The number of pyridine rings is 1. The van der Waals surface area contributed by atoms with E-state index < -0.39 is 0 Å². The number of rotatable bonds is 4. The Labute approximate surface area is 107 Å². The van der Waals surface area contributed by atoms with E-state index in [-0.39, 0.29) is 5.91 Å². The van der Waals surface area contributed by atoms with E-state index in [1.54, 1.807) is 4.57 Å². The van der Waals surface area contributed by atoms with Crippen LogP contribution in [0.1, 0.15) is 21.6 Å². The Balaban J connectivity index is 2.20. The maximum absolute atomic E-state index is 11.5. The molecular formula is C15H17N2O+. The third kappa shape index (κ3) is 2.74. The molecule has 1 aromatic heterocycles. The number of amides is 1. The summed E-state index contributed by atoms with van der Waals surface area (Å²) >= 11 is 0. The topological polar surface area (TPSA) is 47.0 Å². The lowest BCUT2D eigenvalue weighted by molar-refractivity contribution is -0.673. The smallest absolute Gasteiger partial charge is 0.313 e. The van der Waals surface area contributed by atoms with Crippen LogP contribution in [0.15, 0.2) is 48.7 Å². The standard InChI is InChI=1S/C15H16N2O/c1-17-11-5-8-13(14(17)15(16)18)10-9-12-6-3-2-4-7-12/h2-8,11H,9-10H2,1H3,(H-,16,18)/p+1. The highest BCUT2D eigenvalue weighted by molar-refractivity contribution is 5.90. The Hall–Kier alpha value is -2.16. The first-order valence-corrected chi connectivity index (χ1v) is 5.99. The van der Waals surface area contributed by atoms with Gasteiger partial charge in [-0.15, -0.1) is 0 Å². The van der Waals surface area contributed by atoms with Gasteiger partial charge in [-0.25, -0.2) is 0 Å². The van der Waals surface area contributed by atoms with Gasteiger partial charge in [-0.2, -0.15) is 4.57 Å². The summed E-state index contributed by atoms with van der Waals surface area (Å²) in [7, 11) is 1.84. The summed E-state index contributed by atoms with van der Waals surface area (Å²) < 4.78 is 1.78. The van der Waals surface area contributed by atoms with Gasteiger partial charge in [0.2, 0.25) is 0 Å². The SMILES string of the molecule is C[n+]1cccc(CCc2ccccc2)c1C(N)=O. The Morgan fingerprint density at radius 3 is 2.50 bits per heavy atom. The minimum atomic E-state index is -0.374. The van der Waals surface area contributed by atoms with Gasteiger partial charge in [-0.3, -0.25) is 4.79 Å². The molecule has 3 heteroatoms. The molecule has 0 saturated heterocycles. The van der Waals surface area contributed by atoms with Crippen molar-refractivity contribution in [1.29, 1.82) is 0 Å². The van der Waals surface area contributed by atoms with Crippen LogP contribution in [0.4, 0.5) is 0 Å². The molecule has 0 aliphatic heterocycles. The van der Waals surface area contributed by atoms with Gasteiger partial charge in [0.1, 0.15) is 7.05 Å². The lowest BCUT2D eigenvalue weighted by Gasteiger charge is -2.04. The zero-order valence-corrected chi connectivity index (χ0v) is 10.5. The number of aryl methyl sites for hydroxylation is 3. The van der Waals surface area contributed by atoms with Crippen LogP contribution >= 0.6 is 0 Å². The predicted octanol–water partition coefficient (Wildman–Crippen LogP) is 1.40. The second-order valence-electron chi connectivity index (χ2n) is 4.34. The highest BCUT2D eigenvalue weighted by Gasteiger charge is 2.18. The molecule has 2 rings (SSSR count). The first kappa shape index (κ1) is 12.3. The van der Waals surface area contributed by atoms with E-state index in [9.17, 15) is 4.79 Å². The highest BCUT2D eigenvalue weighted by Crippen LogP contribution is 2.09. The zero-order valence-electron chi connectivity index (χ0n) is 10.5. The van der Waals surface area contributed by atoms with Gasteiger partial charge >= 0.3 is 5.91 Å². The van der Waals surface area contributed by atoms with Crippen molar-refractivity contribution in [3.8, 4) is 0 Å². The molecule has 0 radical (unpaired) electrons. The third-order valence-electron chi connectivity index (χ3n) is 3.02. The van der Waals surface area contributed by atoms with Crippen LogP contribution in [0.3, 0.4) is 0 Å². The fourth-order valence-corrected chi connectivity index (χ4v) is 2.13. The van der Waals surface area contributed by atoms with E-state index in [1.165, 1.54) is 5.56 Å². The van der Waals surface area contributed by atoms with Gasteiger partial charge in [0.15, 0.2) is 6.20 Å². The summed E-state index contributed by atoms with van der Waals surface area (Å²) in [5.74, 6) is -0.374. The van der Waals surface area contributed by atoms with Gasteiger partial charge in [0, 0.05) is 11.6 Å². The normalized spacial score (nSPS) is 10.3. The number of nitrogens with zero attached hydrogens (tertiary/aromatic N) is 1. The Morgan fingerprint density at radius 2 is 1.83 bits per heavy atom. The fraction of sp³-hybridized carbons (Fsp3) is 0.200. The second kappa shape index (κ2) is 5.45. The second-order valence-corrected chi connectivity index (χ2v) is 4.34. The van der Waals surface area contributed by atoms with Gasteiger partial charge in [-0.05, 0) is 24.5 Å². The summed E-state index contributed by atoms with van der Waals surface area (Å²) in [6.45, 7) is 0. The van der Waals surface area contributed by atoms with Crippen LogP contribution in [-0.4, -0.2) is 5.91 Å². The number of aromatic nitrogens is 1. The molecule has 2 N–H and O–H groups in total. The molecule has 3 nitrogen and oxygen atoms in total. The molecule has 0 bridgehead atoms. The number of nitrogens with two attached hydrogens (primary N) is 1. The van der Waals surface area contributed by atoms with E-state index in [0.29, 0.717) is 5.69 Å². The van der Waals surface area contributed by atoms with Gasteiger partial charge < -0.3 is 5.73 Å². The molecule has 0 saturated carbocycles. The number of hydrogen-bond donors (Lipinski definition) is 1. The molecule has 2 aromatic rings. The van der Waals surface area contributed by atoms with E-state index >= 15 is 0 Å². The van der Waals surface area contributed by atoms with E-state index in [2.05, 4.69) is 12.1 Å². The molecule has 0 aliphatic carbocycles. The van der Waals surface area contributed by atoms with Crippen LogP contribution in [0.2, 0.25) is 0 Å². The minimum absolute atomic E-state index is 0.374.